The summed E-state index contributed by atoms with van der Waals surface area (Å²) in [6.45, 7) is 0. The molecule has 0 N–H and O–H groups in total. The second-order valence-corrected chi connectivity index (χ2v) is 12.1. The summed E-state index contributed by atoms with van der Waals surface area (Å²) >= 11 is 0. The molecule has 0 amide bonds. The minimum atomic E-state index is 0.624. The van der Waals surface area contributed by atoms with Crippen molar-refractivity contribution in [3.63, 3.8) is 0 Å². The lowest BCUT2D eigenvalue weighted by atomic mass is 9.96. The van der Waals surface area contributed by atoms with Crippen LogP contribution in [-0.4, -0.2) is 19.5 Å². The van der Waals surface area contributed by atoms with Gasteiger partial charge in [0, 0.05) is 33.0 Å². The van der Waals surface area contributed by atoms with Crippen molar-refractivity contribution in [2.75, 3.05) is 0 Å². The van der Waals surface area contributed by atoms with Crippen LogP contribution in [0.2, 0.25) is 0 Å². The highest BCUT2D eigenvalue weighted by atomic mass is 15.0. The molecule has 4 nitrogen and oxygen atoms in total. The topological polar surface area (TPSA) is 43.6 Å². The Bertz CT molecular complexity index is 2480. The Morgan fingerprint density at radius 1 is 0.306 bits per heavy atom. The maximum Gasteiger partial charge on any atom is 0.164 e. The van der Waals surface area contributed by atoms with Crippen LogP contribution in [0.25, 0.3) is 83.9 Å². The van der Waals surface area contributed by atoms with Crippen molar-refractivity contribution < 1.29 is 0 Å². The van der Waals surface area contributed by atoms with Gasteiger partial charge in [-0.3, -0.25) is 0 Å². The minimum absolute atomic E-state index is 0.624. The first-order chi connectivity index (χ1) is 24.3. The molecule has 0 aliphatic rings. The van der Waals surface area contributed by atoms with Crippen molar-refractivity contribution in [3.05, 3.63) is 182 Å². The molecule has 0 radical (unpaired) electrons. The van der Waals surface area contributed by atoms with Gasteiger partial charge in [0.25, 0.3) is 0 Å². The summed E-state index contributed by atoms with van der Waals surface area (Å²) in [5.41, 5.74) is 10.8. The van der Waals surface area contributed by atoms with Gasteiger partial charge < -0.3 is 4.57 Å². The van der Waals surface area contributed by atoms with Gasteiger partial charge in [-0.2, -0.15) is 0 Å². The molecular formula is C45H30N4. The molecule has 230 valence electrons. The fourth-order valence-electron chi connectivity index (χ4n) is 6.72. The summed E-state index contributed by atoms with van der Waals surface area (Å²) in [6.07, 6.45) is 0. The smallest absolute Gasteiger partial charge is 0.164 e. The zero-order chi connectivity index (χ0) is 32.6. The zero-order valence-corrected chi connectivity index (χ0v) is 26.6. The van der Waals surface area contributed by atoms with Crippen molar-refractivity contribution >= 4 is 21.8 Å². The van der Waals surface area contributed by atoms with Crippen molar-refractivity contribution in [1.82, 2.24) is 19.5 Å². The van der Waals surface area contributed by atoms with Crippen molar-refractivity contribution in [1.29, 1.82) is 0 Å². The van der Waals surface area contributed by atoms with Gasteiger partial charge in [-0.05, 0) is 41.0 Å². The molecule has 2 heterocycles. The number of para-hydroxylation sites is 2. The van der Waals surface area contributed by atoms with Gasteiger partial charge in [0.2, 0.25) is 0 Å². The van der Waals surface area contributed by atoms with Crippen LogP contribution in [0.1, 0.15) is 0 Å². The molecule has 0 fully saturated rings. The van der Waals surface area contributed by atoms with Crippen molar-refractivity contribution in [2.45, 2.75) is 0 Å². The van der Waals surface area contributed by atoms with E-state index in [2.05, 4.69) is 126 Å². The van der Waals surface area contributed by atoms with E-state index in [4.69, 9.17) is 15.0 Å². The third-order valence-electron chi connectivity index (χ3n) is 9.06. The number of nitrogens with zero attached hydrogens (tertiary/aromatic N) is 4. The summed E-state index contributed by atoms with van der Waals surface area (Å²) in [5.74, 6) is 1.91. The Hall–Kier alpha value is -6.65. The van der Waals surface area contributed by atoms with Gasteiger partial charge in [0.05, 0.1) is 16.7 Å². The highest BCUT2D eigenvalue weighted by Crippen LogP contribution is 2.39. The minimum Gasteiger partial charge on any atom is -0.309 e. The number of benzene rings is 7. The molecule has 0 aliphatic heterocycles. The standard InChI is InChI=1S/C45H30N4/c1-4-15-31(16-5-1)34-21-14-22-35(29-34)37-28-27-36(30-42(37)49-40-25-12-10-23-38(40)39-24-11-13-26-41(39)49)45-47-43(32-17-6-2-7-18-32)46-44(48-45)33-19-8-3-9-20-33/h1-30H. The van der Waals surface area contributed by atoms with Gasteiger partial charge in [0.15, 0.2) is 17.5 Å². The van der Waals surface area contributed by atoms with E-state index < -0.39 is 0 Å². The number of rotatable bonds is 6. The van der Waals surface area contributed by atoms with E-state index in [1.807, 2.05) is 60.7 Å². The van der Waals surface area contributed by atoms with Crippen LogP contribution in [0.5, 0.6) is 0 Å². The molecule has 0 unspecified atom stereocenters. The molecule has 2 aromatic heterocycles. The predicted octanol–water partition coefficient (Wildman–Crippen LogP) is 11.3. The van der Waals surface area contributed by atoms with Gasteiger partial charge in [0.1, 0.15) is 0 Å². The second kappa shape index (κ2) is 12.2. The number of hydrogen-bond acceptors (Lipinski definition) is 3. The molecule has 0 atom stereocenters. The highest BCUT2D eigenvalue weighted by molar-refractivity contribution is 6.09. The lowest BCUT2D eigenvalue weighted by molar-refractivity contribution is 1.07. The molecule has 7 aromatic carbocycles. The molecule has 0 aliphatic carbocycles. The first kappa shape index (κ1) is 28.6. The van der Waals surface area contributed by atoms with Crippen LogP contribution >= 0.6 is 0 Å². The normalized spacial score (nSPS) is 11.3. The van der Waals surface area contributed by atoms with E-state index in [1.165, 1.54) is 21.9 Å². The first-order valence-corrected chi connectivity index (χ1v) is 16.5. The first-order valence-electron chi connectivity index (χ1n) is 16.5. The number of fused-ring (bicyclic) bond motifs is 3. The summed E-state index contributed by atoms with van der Waals surface area (Å²) in [4.78, 5) is 15.1. The van der Waals surface area contributed by atoms with Crippen LogP contribution in [-0.2, 0) is 0 Å². The van der Waals surface area contributed by atoms with Crippen LogP contribution in [0.15, 0.2) is 182 Å². The largest absolute Gasteiger partial charge is 0.309 e. The summed E-state index contributed by atoms with van der Waals surface area (Å²) in [5, 5.41) is 2.43. The highest BCUT2D eigenvalue weighted by Gasteiger charge is 2.19. The monoisotopic (exact) mass is 626 g/mol. The Kier molecular flexibility index (Phi) is 7.10. The Morgan fingerprint density at radius 2 is 0.755 bits per heavy atom. The molecule has 0 spiro atoms. The number of hydrogen-bond donors (Lipinski definition) is 0. The molecule has 0 saturated heterocycles. The quantitative estimate of drug-likeness (QED) is 0.184. The summed E-state index contributed by atoms with van der Waals surface area (Å²) in [6, 6.07) is 63.4. The average molecular weight is 627 g/mol. The molecule has 9 aromatic rings. The average Bonchev–Trinajstić information content (AvgIpc) is 3.53. The lowest BCUT2D eigenvalue weighted by Gasteiger charge is -2.17. The van der Waals surface area contributed by atoms with E-state index in [1.54, 1.807) is 0 Å². The van der Waals surface area contributed by atoms with Crippen molar-refractivity contribution in [2.24, 2.45) is 0 Å². The lowest BCUT2D eigenvalue weighted by Crippen LogP contribution is -2.02. The zero-order valence-electron chi connectivity index (χ0n) is 26.6. The van der Waals surface area contributed by atoms with Crippen molar-refractivity contribution in [3.8, 4) is 62.1 Å². The van der Waals surface area contributed by atoms with Gasteiger partial charge in [-0.25, -0.2) is 15.0 Å². The van der Waals surface area contributed by atoms with Gasteiger partial charge in [-0.1, -0.05) is 158 Å². The van der Waals surface area contributed by atoms with Gasteiger partial charge >= 0.3 is 0 Å². The predicted molar refractivity (Wildman–Crippen MR) is 201 cm³/mol. The Labute approximate surface area is 284 Å². The Balaban J connectivity index is 1.31. The van der Waals surface area contributed by atoms with Gasteiger partial charge in [-0.15, -0.1) is 0 Å². The molecule has 9 rings (SSSR count). The molecular weight excluding hydrogens is 597 g/mol. The number of aromatic nitrogens is 4. The molecule has 49 heavy (non-hydrogen) atoms. The van der Waals surface area contributed by atoms with Crippen LogP contribution in [0.3, 0.4) is 0 Å². The third-order valence-corrected chi connectivity index (χ3v) is 9.06. The molecule has 0 saturated carbocycles. The molecule has 0 bridgehead atoms. The second-order valence-electron chi connectivity index (χ2n) is 12.1. The maximum absolute atomic E-state index is 5.07. The van der Waals surface area contributed by atoms with E-state index in [-0.39, 0.29) is 0 Å². The Morgan fingerprint density at radius 3 is 1.33 bits per heavy atom. The van der Waals surface area contributed by atoms with E-state index in [0.29, 0.717) is 17.5 Å². The fourth-order valence-corrected chi connectivity index (χ4v) is 6.72. The van der Waals surface area contributed by atoms with Crippen LogP contribution < -0.4 is 0 Å². The summed E-state index contributed by atoms with van der Waals surface area (Å²) < 4.78 is 2.39. The van der Waals surface area contributed by atoms with Crippen LogP contribution in [0, 0.1) is 0 Å². The molecule has 4 heteroatoms. The summed E-state index contributed by atoms with van der Waals surface area (Å²) in [7, 11) is 0. The van der Waals surface area contributed by atoms with Crippen LogP contribution in [0.4, 0.5) is 0 Å². The van der Waals surface area contributed by atoms with E-state index >= 15 is 0 Å². The SMILES string of the molecule is c1ccc(-c2cccc(-c3ccc(-c4nc(-c5ccccc5)nc(-c5ccccc5)n4)cc3-n3c4ccccc4c4ccccc43)c2)cc1. The fraction of sp³-hybridized carbons (Fsp3) is 0. The van der Waals surface area contributed by atoms with E-state index in [9.17, 15) is 0 Å². The van der Waals surface area contributed by atoms with E-state index in [0.717, 1.165) is 44.5 Å². The maximum atomic E-state index is 5.07. The third kappa shape index (κ3) is 5.26.